The molecule has 1 saturated heterocycles. The maximum absolute atomic E-state index is 12.6. The molecule has 2 aromatic heterocycles. The Hall–Kier alpha value is -1.76. The fraction of sp³-hybridized carbons (Fsp3) is 0.600. The number of aromatic nitrogens is 2. The van der Waals surface area contributed by atoms with Crippen LogP contribution in [0, 0.1) is 6.92 Å². The lowest BCUT2D eigenvalue weighted by Crippen LogP contribution is -2.51. The summed E-state index contributed by atoms with van der Waals surface area (Å²) in [4.78, 5) is 19.7. The maximum Gasteiger partial charge on any atom is 0.258 e. The van der Waals surface area contributed by atoms with Crippen molar-refractivity contribution in [1.29, 1.82) is 0 Å². The Morgan fingerprint density at radius 3 is 2.92 bits per heavy atom. The first-order chi connectivity index (χ1) is 12.6. The van der Waals surface area contributed by atoms with Crippen LogP contribution in [0.2, 0.25) is 0 Å². The van der Waals surface area contributed by atoms with E-state index in [1.807, 2.05) is 32.2 Å². The summed E-state index contributed by atoms with van der Waals surface area (Å²) in [5, 5.41) is 0. The van der Waals surface area contributed by atoms with Gasteiger partial charge in [0.1, 0.15) is 5.65 Å². The van der Waals surface area contributed by atoms with Gasteiger partial charge in [0, 0.05) is 45.1 Å². The maximum atomic E-state index is 12.6. The van der Waals surface area contributed by atoms with Gasteiger partial charge in [-0.2, -0.15) is 0 Å². The minimum absolute atomic E-state index is 0.0151. The van der Waals surface area contributed by atoms with Gasteiger partial charge in [0.05, 0.1) is 17.4 Å². The molecule has 0 unspecified atom stereocenters. The molecular weight excluding hydrogens is 330 g/mol. The molecule has 0 spiro atoms. The molecule has 26 heavy (non-hydrogen) atoms. The molecule has 0 aromatic carbocycles. The van der Waals surface area contributed by atoms with Crippen LogP contribution in [0.3, 0.4) is 0 Å². The molecule has 3 heterocycles. The number of nitrogens with zero attached hydrogens (tertiary/aromatic N) is 3. The van der Waals surface area contributed by atoms with E-state index in [1.54, 1.807) is 17.6 Å². The van der Waals surface area contributed by atoms with E-state index in [2.05, 4.69) is 4.90 Å². The fourth-order valence-electron chi connectivity index (χ4n) is 4.81. The van der Waals surface area contributed by atoms with E-state index in [-0.39, 0.29) is 17.3 Å². The topological polar surface area (TPSA) is 56.1 Å². The second kappa shape index (κ2) is 6.76. The van der Waals surface area contributed by atoms with Crippen LogP contribution in [0.25, 0.3) is 5.65 Å². The molecule has 2 aliphatic rings. The van der Waals surface area contributed by atoms with Crippen LogP contribution in [0.5, 0.6) is 0 Å². The lowest BCUT2D eigenvalue weighted by Gasteiger charge is -2.43. The third kappa shape index (κ3) is 2.86. The van der Waals surface area contributed by atoms with Gasteiger partial charge in [-0.25, -0.2) is 4.98 Å². The van der Waals surface area contributed by atoms with Crippen molar-refractivity contribution in [2.75, 3.05) is 20.8 Å². The van der Waals surface area contributed by atoms with Crippen molar-refractivity contribution in [2.24, 2.45) is 0 Å². The van der Waals surface area contributed by atoms with Gasteiger partial charge in [-0.1, -0.05) is 6.07 Å². The van der Waals surface area contributed by atoms with E-state index in [1.165, 1.54) is 0 Å². The predicted molar refractivity (Wildman–Crippen MR) is 99.4 cm³/mol. The Kier molecular flexibility index (Phi) is 4.59. The molecule has 4 rings (SSSR count). The first-order valence-corrected chi connectivity index (χ1v) is 9.36. The second-order valence-electron chi connectivity index (χ2n) is 7.58. The van der Waals surface area contributed by atoms with Crippen molar-refractivity contribution in [1.82, 2.24) is 14.3 Å². The number of ether oxygens (including phenoxy) is 2. The van der Waals surface area contributed by atoms with E-state index in [4.69, 9.17) is 14.5 Å². The number of methoxy groups -OCH3 is 2. The summed E-state index contributed by atoms with van der Waals surface area (Å²) >= 11 is 0. The lowest BCUT2D eigenvalue weighted by molar-refractivity contribution is -0.0948. The molecule has 2 aromatic rings. The van der Waals surface area contributed by atoms with Crippen LogP contribution in [-0.4, -0.2) is 52.8 Å². The quantitative estimate of drug-likeness (QED) is 0.839. The standard InChI is InChI=1S/C20H27N3O3/c1-14-5-4-6-18-21-15(11-19(24)23(14)18)13-22-10-9-20(26-3)8-7-16(25-2)12-17(20)22/h4-6,11,16-17H,7-10,12-13H2,1-3H3/t16-,17+,20-/m1/s1. The summed E-state index contributed by atoms with van der Waals surface area (Å²) in [5.74, 6) is 0. The SMILES string of the molecule is CO[C@@H]1CC[C@@]2(OC)CCN(Cc3cc(=O)n4c(C)cccc4n3)[C@H]2C1. The largest absolute Gasteiger partial charge is 0.381 e. The van der Waals surface area contributed by atoms with E-state index in [9.17, 15) is 4.79 Å². The Balaban J connectivity index is 1.63. The number of likely N-dealkylation sites (tertiary alicyclic amines) is 1. The summed E-state index contributed by atoms with van der Waals surface area (Å²) in [6, 6.07) is 7.74. The van der Waals surface area contributed by atoms with Gasteiger partial charge in [0.25, 0.3) is 5.56 Å². The van der Waals surface area contributed by atoms with Crippen LogP contribution in [0.1, 0.15) is 37.1 Å². The smallest absolute Gasteiger partial charge is 0.258 e. The number of hydrogen-bond donors (Lipinski definition) is 0. The minimum Gasteiger partial charge on any atom is -0.381 e. The summed E-state index contributed by atoms with van der Waals surface area (Å²) in [6.45, 7) is 3.56. The molecule has 0 N–H and O–H groups in total. The fourth-order valence-corrected chi connectivity index (χ4v) is 4.81. The number of aryl methyl sites for hydroxylation is 1. The van der Waals surface area contributed by atoms with Crippen molar-refractivity contribution in [3.63, 3.8) is 0 Å². The normalized spacial score (nSPS) is 29.2. The van der Waals surface area contributed by atoms with Crippen molar-refractivity contribution in [3.8, 4) is 0 Å². The van der Waals surface area contributed by atoms with E-state index in [0.29, 0.717) is 18.2 Å². The molecule has 140 valence electrons. The van der Waals surface area contributed by atoms with Gasteiger partial charge in [0.15, 0.2) is 0 Å². The number of fused-ring (bicyclic) bond motifs is 2. The van der Waals surface area contributed by atoms with Crippen molar-refractivity contribution >= 4 is 5.65 Å². The van der Waals surface area contributed by atoms with Crippen molar-refractivity contribution < 1.29 is 9.47 Å². The first-order valence-electron chi connectivity index (χ1n) is 9.36. The Bertz CT molecular complexity index is 865. The highest BCUT2D eigenvalue weighted by atomic mass is 16.5. The summed E-state index contributed by atoms with van der Waals surface area (Å²) < 4.78 is 13.3. The molecule has 6 nitrogen and oxygen atoms in total. The molecule has 1 saturated carbocycles. The Labute approximate surface area is 153 Å². The van der Waals surface area contributed by atoms with Gasteiger partial charge < -0.3 is 9.47 Å². The van der Waals surface area contributed by atoms with Crippen LogP contribution in [-0.2, 0) is 16.0 Å². The molecule has 3 atom stereocenters. The zero-order valence-corrected chi connectivity index (χ0v) is 15.8. The molecule has 1 aliphatic carbocycles. The zero-order chi connectivity index (χ0) is 18.3. The molecule has 0 bridgehead atoms. The number of rotatable bonds is 4. The highest BCUT2D eigenvalue weighted by molar-refractivity contribution is 5.40. The second-order valence-corrected chi connectivity index (χ2v) is 7.58. The molecule has 0 radical (unpaired) electrons. The highest BCUT2D eigenvalue weighted by Crippen LogP contribution is 2.43. The number of hydrogen-bond acceptors (Lipinski definition) is 5. The third-order valence-corrected chi connectivity index (χ3v) is 6.28. The summed E-state index contributed by atoms with van der Waals surface area (Å²) in [6.07, 6.45) is 4.34. The van der Waals surface area contributed by atoms with E-state index < -0.39 is 0 Å². The van der Waals surface area contributed by atoms with Gasteiger partial charge in [-0.15, -0.1) is 0 Å². The van der Waals surface area contributed by atoms with E-state index in [0.717, 1.165) is 43.6 Å². The van der Waals surface area contributed by atoms with Crippen LogP contribution < -0.4 is 5.56 Å². The van der Waals surface area contributed by atoms with Crippen molar-refractivity contribution in [3.05, 3.63) is 46.0 Å². The van der Waals surface area contributed by atoms with Crippen LogP contribution >= 0.6 is 0 Å². The molecule has 6 heteroatoms. The average molecular weight is 357 g/mol. The average Bonchev–Trinajstić information content (AvgIpc) is 2.99. The van der Waals surface area contributed by atoms with E-state index >= 15 is 0 Å². The van der Waals surface area contributed by atoms with Gasteiger partial charge >= 0.3 is 0 Å². The monoisotopic (exact) mass is 357 g/mol. The third-order valence-electron chi connectivity index (χ3n) is 6.28. The summed E-state index contributed by atoms with van der Waals surface area (Å²) in [5.41, 5.74) is 2.34. The Morgan fingerprint density at radius 1 is 1.31 bits per heavy atom. The number of pyridine rings is 1. The molecule has 0 amide bonds. The molecular formula is C20H27N3O3. The Morgan fingerprint density at radius 2 is 2.15 bits per heavy atom. The molecule has 1 aliphatic heterocycles. The minimum atomic E-state index is -0.0858. The first kappa shape index (κ1) is 17.6. The zero-order valence-electron chi connectivity index (χ0n) is 15.8. The van der Waals surface area contributed by atoms with Gasteiger partial charge in [-0.3, -0.25) is 14.1 Å². The lowest BCUT2D eigenvalue weighted by atomic mass is 9.79. The van der Waals surface area contributed by atoms with Crippen LogP contribution in [0.15, 0.2) is 29.1 Å². The van der Waals surface area contributed by atoms with Gasteiger partial charge in [0.2, 0.25) is 0 Å². The molecule has 2 fully saturated rings. The summed E-state index contributed by atoms with van der Waals surface area (Å²) in [7, 11) is 3.62. The highest BCUT2D eigenvalue weighted by Gasteiger charge is 2.51. The van der Waals surface area contributed by atoms with Crippen LogP contribution in [0.4, 0.5) is 0 Å². The predicted octanol–water partition coefficient (Wildman–Crippen LogP) is 2.16. The van der Waals surface area contributed by atoms with Gasteiger partial charge in [-0.05, 0) is 44.7 Å². The van der Waals surface area contributed by atoms with Crippen molar-refractivity contribution in [2.45, 2.75) is 56.9 Å².